The van der Waals surface area contributed by atoms with E-state index in [0.717, 1.165) is 12.0 Å². The first-order chi connectivity index (χ1) is 13.5. The Bertz CT molecular complexity index is 946. The van der Waals surface area contributed by atoms with Crippen molar-refractivity contribution in [1.82, 2.24) is 14.8 Å². The molecule has 1 aliphatic rings. The molecule has 0 saturated heterocycles. The molecule has 0 spiro atoms. The lowest BCUT2D eigenvalue weighted by molar-refractivity contribution is -0.120. The number of aryl methyl sites for hydroxylation is 1. The van der Waals surface area contributed by atoms with Gasteiger partial charge in [-0.05, 0) is 30.4 Å². The highest BCUT2D eigenvalue weighted by atomic mass is 16.2. The first-order valence-corrected chi connectivity index (χ1v) is 9.87. The monoisotopic (exact) mass is 374 g/mol. The molecule has 1 aliphatic heterocycles. The lowest BCUT2D eigenvalue weighted by Gasteiger charge is -2.39. The Morgan fingerprint density at radius 2 is 1.71 bits per heavy atom. The summed E-state index contributed by atoms with van der Waals surface area (Å²) in [6, 6.07) is 18.8. The molecule has 1 amide bonds. The van der Waals surface area contributed by atoms with Gasteiger partial charge in [0.25, 0.3) is 0 Å². The fourth-order valence-electron chi connectivity index (χ4n) is 3.95. The highest BCUT2D eigenvalue weighted by Gasteiger charge is 2.39. The number of carbonyl (C=O) groups is 1. The van der Waals surface area contributed by atoms with E-state index in [0.29, 0.717) is 12.4 Å². The number of carbonyl (C=O) groups excluding carboxylic acids is 1. The Morgan fingerprint density at radius 1 is 1.04 bits per heavy atom. The van der Waals surface area contributed by atoms with E-state index in [1.807, 2.05) is 27.8 Å². The smallest absolute Gasteiger partial charge is 0.231 e. The Kier molecular flexibility index (Phi) is 4.99. The Morgan fingerprint density at radius 3 is 2.39 bits per heavy atom. The third kappa shape index (κ3) is 3.44. The van der Waals surface area contributed by atoms with Crippen molar-refractivity contribution < 1.29 is 4.79 Å². The van der Waals surface area contributed by atoms with Crippen molar-refractivity contribution in [3.63, 3.8) is 0 Å². The number of rotatable bonds is 4. The number of fused-ring (bicyclic) bond motifs is 1. The third-order valence-electron chi connectivity index (χ3n) is 5.32. The minimum Gasteiger partial charge on any atom is -0.274 e. The van der Waals surface area contributed by atoms with Crippen LogP contribution in [-0.4, -0.2) is 20.7 Å². The maximum Gasteiger partial charge on any atom is 0.231 e. The van der Waals surface area contributed by atoms with Crippen molar-refractivity contribution in [1.29, 1.82) is 0 Å². The summed E-state index contributed by atoms with van der Waals surface area (Å²) in [5.41, 5.74) is 3.53. The highest BCUT2D eigenvalue weighted by Crippen LogP contribution is 2.42. The molecule has 0 unspecified atom stereocenters. The van der Waals surface area contributed by atoms with Crippen molar-refractivity contribution in [3.8, 4) is 0 Å². The number of hydrogen-bond donors (Lipinski definition) is 0. The van der Waals surface area contributed by atoms with Gasteiger partial charge < -0.3 is 0 Å². The molecule has 1 aromatic heterocycles. The summed E-state index contributed by atoms with van der Waals surface area (Å²) in [4.78, 5) is 19.6. The Labute approximate surface area is 166 Å². The zero-order valence-corrected chi connectivity index (χ0v) is 16.6. The topological polar surface area (TPSA) is 51.0 Å². The van der Waals surface area contributed by atoms with Crippen LogP contribution in [0.1, 0.15) is 55.5 Å². The average Bonchev–Trinajstić information content (AvgIpc) is 3.17. The second kappa shape index (κ2) is 7.58. The van der Waals surface area contributed by atoms with Crippen molar-refractivity contribution in [2.45, 2.75) is 45.7 Å². The zero-order valence-electron chi connectivity index (χ0n) is 16.6. The van der Waals surface area contributed by atoms with Gasteiger partial charge in [-0.25, -0.2) is 4.68 Å². The van der Waals surface area contributed by atoms with Crippen LogP contribution in [0.4, 0.5) is 5.95 Å². The number of benzene rings is 2. The van der Waals surface area contributed by atoms with E-state index in [2.05, 4.69) is 67.3 Å². The molecule has 0 N–H and O–H groups in total. The second-order valence-electron chi connectivity index (χ2n) is 7.95. The average molecular weight is 374 g/mol. The van der Waals surface area contributed by atoms with Crippen LogP contribution in [-0.2, 0) is 4.79 Å². The highest BCUT2D eigenvalue weighted by molar-refractivity contribution is 5.93. The Hall–Kier alpha value is -2.95. The molecule has 2 heterocycles. The lowest BCUT2D eigenvalue weighted by Crippen LogP contribution is -2.43. The van der Waals surface area contributed by atoms with Gasteiger partial charge in [0.15, 0.2) is 0 Å². The van der Waals surface area contributed by atoms with Crippen molar-refractivity contribution in [2.24, 2.45) is 5.92 Å². The molecule has 144 valence electrons. The quantitative estimate of drug-likeness (QED) is 0.665. The Balaban J connectivity index is 1.81. The molecule has 0 radical (unpaired) electrons. The molecule has 2 atom stereocenters. The van der Waals surface area contributed by atoms with E-state index in [9.17, 15) is 4.79 Å². The minimum absolute atomic E-state index is 0.0492. The van der Waals surface area contributed by atoms with E-state index >= 15 is 0 Å². The number of amides is 1. The predicted molar refractivity (Wildman–Crippen MR) is 110 cm³/mol. The SMILES string of the molecule is Cc1ccc([C@H]2C[C@H](c3ccccc3)n3ncnc3N2C(=O)CC(C)C)cc1. The molecule has 4 rings (SSSR count). The van der Waals surface area contributed by atoms with Crippen LogP contribution < -0.4 is 4.90 Å². The molecular formula is C23H26N4O. The second-order valence-corrected chi connectivity index (χ2v) is 7.95. The first kappa shape index (κ1) is 18.4. The van der Waals surface area contributed by atoms with Gasteiger partial charge in [0.05, 0.1) is 12.1 Å². The zero-order chi connectivity index (χ0) is 19.7. The van der Waals surface area contributed by atoms with E-state index < -0.39 is 0 Å². The van der Waals surface area contributed by atoms with Gasteiger partial charge in [0.2, 0.25) is 11.9 Å². The normalized spacial score (nSPS) is 18.9. The summed E-state index contributed by atoms with van der Waals surface area (Å²) in [6.45, 7) is 6.22. The molecule has 0 bridgehead atoms. The van der Waals surface area contributed by atoms with E-state index in [4.69, 9.17) is 0 Å². The van der Waals surface area contributed by atoms with Crippen LogP contribution >= 0.6 is 0 Å². The van der Waals surface area contributed by atoms with Crippen LogP contribution in [0.2, 0.25) is 0 Å². The molecule has 3 aromatic rings. The van der Waals surface area contributed by atoms with Crippen molar-refractivity contribution >= 4 is 11.9 Å². The number of hydrogen-bond acceptors (Lipinski definition) is 3. The van der Waals surface area contributed by atoms with Gasteiger partial charge in [-0.3, -0.25) is 9.69 Å². The van der Waals surface area contributed by atoms with E-state index in [-0.39, 0.29) is 23.9 Å². The van der Waals surface area contributed by atoms with Crippen LogP contribution in [0.15, 0.2) is 60.9 Å². The fourth-order valence-corrected chi connectivity index (χ4v) is 3.95. The molecule has 5 nitrogen and oxygen atoms in total. The molecule has 0 fully saturated rings. The van der Waals surface area contributed by atoms with Crippen LogP contribution in [0.5, 0.6) is 0 Å². The number of aromatic nitrogens is 3. The fraction of sp³-hybridized carbons (Fsp3) is 0.348. The van der Waals surface area contributed by atoms with Gasteiger partial charge in [-0.2, -0.15) is 10.1 Å². The molecule has 28 heavy (non-hydrogen) atoms. The van der Waals surface area contributed by atoms with E-state index in [1.54, 1.807) is 6.33 Å². The standard InChI is InChI=1S/C23H26N4O/c1-16(2)13-22(28)26-20(19-11-9-17(3)10-12-19)14-21(18-7-5-4-6-8-18)27-23(26)24-15-25-27/h4-12,15-16,20-21H,13-14H2,1-3H3/t20-,21-/m1/s1. The number of anilines is 1. The minimum atomic E-state index is -0.0613. The summed E-state index contributed by atoms with van der Waals surface area (Å²) in [5.74, 6) is 1.02. The third-order valence-corrected chi connectivity index (χ3v) is 5.32. The summed E-state index contributed by atoms with van der Waals surface area (Å²) in [7, 11) is 0. The first-order valence-electron chi connectivity index (χ1n) is 9.87. The lowest BCUT2D eigenvalue weighted by atomic mass is 9.91. The number of nitrogens with zero attached hydrogens (tertiary/aromatic N) is 4. The van der Waals surface area contributed by atoms with Gasteiger partial charge in [-0.15, -0.1) is 0 Å². The largest absolute Gasteiger partial charge is 0.274 e. The molecule has 2 aromatic carbocycles. The molecule has 0 saturated carbocycles. The van der Waals surface area contributed by atoms with Gasteiger partial charge in [0.1, 0.15) is 6.33 Å². The molecule has 0 aliphatic carbocycles. The van der Waals surface area contributed by atoms with Gasteiger partial charge in [-0.1, -0.05) is 74.0 Å². The molecule has 5 heteroatoms. The van der Waals surface area contributed by atoms with Crippen molar-refractivity contribution in [3.05, 3.63) is 77.6 Å². The summed E-state index contributed by atoms with van der Waals surface area (Å²) >= 11 is 0. The summed E-state index contributed by atoms with van der Waals surface area (Å²) in [5, 5.41) is 4.48. The van der Waals surface area contributed by atoms with Gasteiger partial charge >= 0.3 is 0 Å². The van der Waals surface area contributed by atoms with E-state index in [1.165, 1.54) is 11.1 Å². The van der Waals surface area contributed by atoms with Crippen LogP contribution in [0.3, 0.4) is 0 Å². The molecular weight excluding hydrogens is 348 g/mol. The summed E-state index contributed by atoms with van der Waals surface area (Å²) < 4.78 is 1.90. The maximum absolute atomic E-state index is 13.2. The van der Waals surface area contributed by atoms with Crippen LogP contribution in [0.25, 0.3) is 0 Å². The van der Waals surface area contributed by atoms with Crippen LogP contribution in [0, 0.1) is 12.8 Å². The maximum atomic E-state index is 13.2. The summed E-state index contributed by atoms with van der Waals surface area (Å²) in [6.07, 6.45) is 2.82. The van der Waals surface area contributed by atoms with Gasteiger partial charge in [0, 0.05) is 6.42 Å². The van der Waals surface area contributed by atoms with Crippen molar-refractivity contribution in [2.75, 3.05) is 4.90 Å². The predicted octanol–water partition coefficient (Wildman–Crippen LogP) is 4.70.